The Morgan fingerprint density at radius 1 is 0.862 bits per heavy atom. The molecular weight excluding hydrogens is 356 g/mol. The van der Waals surface area contributed by atoms with Gasteiger partial charge in [-0.1, -0.05) is 60.7 Å². The summed E-state index contributed by atoms with van der Waals surface area (Å²) in [6.45, 7) is 4.16. The van der Waals surface area contributed by atoms with Crippen molar-refractivity contribution in [2.75, 3.05) is 0 Å². The number of aromatic nitrogens is 3. The summed E-state index contributed by atoms with van der Waals surface area (Å²) < 4.78 is 2.08. The first-order chi connectivity index (χ1) is 14.2. The van der Waals surface area contributed by atoms with E-state index in [4.69, 9.17) is 0 Å². The number of nitrogens with zero attached hydrogens (tertiary/aromatic N) is 4. The van der Waals surface area contributed by atoms with E-state index >= 15 is 0 Å². The number of hydrogen-bond acceptors (Lipinski definition) is 3. The van der Waals surface area contributed by atoms with Crippen molar-refractivity contribution in [3.63, 3.8) is 0 Å². The first kappa shape index (κ1) is 17.3. The van der Waals surface area contributed by atoms with Crippen LogP contribution in [-0.2, 0) is 0 Å². The van der Waals surface area contributed by atoms with E-state index in [1.54, 1.807) is 0 Å². The molecule has 4 aromatic rings. The van der Waals surface area contributed by atoms with Crippen LogP contribution in [-0.4, -0.2) is 10.2 Å². The van der Waals surface area contributed by atoms with Gasteiger partial charge in [-0.2, -0.15) is 9.83 Å². The lowest BCUT2D eigenvalue weighted by Crippen LogP contribution is -2.38. The molecule has 0 amide bonds. The Hall–Kier alpha value is -3.84. The summed E-state index contributed by atoms with van der Waals surface area (Å²) in [6, 6.07) is 24.3. The first-order valence-electron chi connectivity index (χ1n) is 9.63. The molecule has 2 aromatic heterocycles. The van der Waals surface area contributed by atoms with Gasteiger partial charge in [0.15, 0.2) is 6.20 Å². The maximum absolute atomic E-state index is 10.2. The maximum Gasteiger partial charge on any atom is 0.272 e. The lowest BCUT2D eigenvalue weighted by atomic mass is 9.93. The zero-order valence-corrected chi connectivity index (χ0v) is 16.3. The number of rotatable bonds is 2. The molecule has 1 atom stereocenters. The Morgan fingerprint density at radius 2 is 1.45 bits per heavy atom. The molecule has 0 spiro atoms. The second-order valence-electron chi connectivity index (χ2n) is 7.41. The van der Waals surface area contributed by atoms with Gasteiger partial charge in [0.1, 0.15) is 17.5 Å². The maximum atomic E-state index is 10.2. The molecule has 4 heteroatoms. The van der Waals surface area contributed by atoms with Crippen molar-refractivity contribution in [1.82, 2.24) is 10.2 Å². The normalized spacial score (nSPS) is 14.2. The van der Waals surface area contributed by atoms with E-state index in [1.807, 2.05) is 60.7 Å². The van der Waals surface area contributed by atoms with Gasteiger partial charge in [0.25, 0.3) is 6.04 Å². The number of aryl methyl sites for hydroxylation is 2. The van der Waals surface area contributed by atoms with Crippen LogP contribution in [0.25, 0.3) is 33.8 Å². The molecule has 138 valence electrons. The van der Waals surface area contributed by atoms with Gasteiger partial charge in [-0.3, -0.25) is 0 Å². The largest absolute Gasteiger partial charge is 0.272 e. The molecule has 0 radical (unpaired) electrons. The minimum atomic E-state index is -0.438. The van der Waals surface area contributed by atoms with Crippen LogP contribution in [0, 0.1) is 25.2 Å². The van der Waals surface area contributed by atoms with Gasteiger partial charge in [0, 0.05) is 22.3 Å². The lowest BCUT2D eigenvalue weighted by molar-refractivity contribution is -0.685. The van der Waals surface area contributed by atoms with Crippen LogP contribution in [0.2, 0.25) is 0 Å². The van der Waals surface area contributed by atoms with Crippen LogP contribution in [0.1, 0.15) is 22.7 Å². The second kappa shape index (κ2) is 6.65. The lowest BCUT2D eigenvalue weighted by Gasteiger charge is -2.10. The van der Waals surface area contributed by atoms with E-state index in [2.05, 4.69) is 46.9 Å². The Bertz CT molecular complexity index is 1270. The molecule has 5 rings (SSSR count). The molecule has 0 saturated heterocycles. The second-order valence-corrected chi connectivity index (χ2v) is 7.41. The minimum Gasteiger partial charge on any atom is -0.191 e. The molecule has 1 aliphatic heterocycles. The monoisotopic (exact) mass is 375 g/mol. The van der Waals surface area contributed by atoms with Crippen LogP contribution < -0.4 is 4.57 Å². The molecule has 4 nitrogen and oxygen atoms in total. The van der Waals surface area contributed by atoms with E-state index < -0.39 is 6.04 Å². The van der Waals surface area contributed by atoms with Crippen molar-refractivity contribution in [2.45, 2.75) is 19.9 Å². The third-order valence-corrected chi connectivity index (χ3v) is 5.44. The molecule has 1 aliphatic rings. The number of fused-ring (bicyclic) bond motifs is 3. The smallest absolute Gasteiger partial charge is 0.191 e. The number of benzene rings is 2. The Labute approximate surface area is 169 Å². The highest BCUT2D eigenvalue weighted by atomic mass is 15.1. The highest BCUT2D eigenvalue weighted by Crippen LogP contribution is 2.44. The quantitative estimate of drug-likeness (QED) is 0.473. The highest BCUT2D eigenvalue weighted by molar-refractivity contribution is 5.87. The van der Waals surface area contributed by atoms with Crippen molar-refractivity contribution in [2.24, 2.45) is 0 Å². The van der Waals surface area contributed by atoms with Gasteiger partial charge in [-0.05, 0) is 19.9 Å². The van der Waals surface area contributed by atoms with Crippen molar-refractivity contribution >= 4 is 0 Å². The Balaban J connectivity index is 1.91. The molecule has 0 fully saturated rings. The van der Waals surface area contributed by atoms with Crippen molar-refractivity contribution in [3.05, 3.63) is 89.6 Å². The molecule has 3 heterocycles. The van der Waals surface area contributed by atoms with Crippen molar-refractivity contribution in [3.8, 4) is 39.8 Å². The summed E-state index contributed by atoms with van der Waals surface area (Å²) in [5.74, 6) is 0. The number of hydrogen-bond donors (Lipinski definition) is 0. The summed E-state index contributed by atoms with van der Waals surface area (Å²) in [7, 11) is 0. The molecular formula is C25H19N4+. The Kier molecular flexibility index (Phi) is 3.96. The van der Waals surface area contributed by atoms with Crippen LogP contribution in [0.5, 0.6) is 0 Å². The van der Waals surface area contributed by atoms with Gasteiger partial charge in [-0.15, -0.1) is 10.2 Å². The fourth-order valence-electron chi connectivity index (χ4n) is 4.29. The third-order valence-electron chi connectivity index (χ3n) is 5.44. The van der Waals surface area contributed by atoms with Gasteiger partial charge < -0.3 is 0 Å². The zero-order valence-electron chi connectivity index (χ0n) is 16.3. The van der Waals surface area contributed by atoms with E-state index in [9.17, 15) is 5.26 Å². The van der Waals surface area contributed by atoms with Crippen LogP contribution in [0.15, 0.2) is 72.9 Å². The van der Waals surface area contributed by atoms with E-state index in [0.717, 1.165) is 50.5 Å². The Morgan fingerprint density at radius 3 is 2.07 bits per heavy atom. The molecule has 1 unspecified atom stereocenters. The fraction of sp³-hybridized carbons (Fsp3) is 0.120. The predicted octanol–water partition coefficient (Wildman–Crippen LogP) is 4.81. The third kappa shape index (κ3) is 2.63. The number of nitriles is 1. The summed E-state index contributed by atoms with van der Waals surface area (Å²) in [6.07, 6.45) is 2.06. The molecule has 0 N–H and O–H groups in total. The number of pyridine rings is 1. The summed E-state index contributed by atoms with van der Waals surface area (Å²) >= 11 is 0. The van der Waals surface area contributed by atoms with Crippen LogP contribution in [0.3, 0.4) is 0 Å². The van der Waals surface area contributed by atoms with Crippen LogP contribution >= 0.6 is 0 Å². The zero-order chi connectivity index (χ0) is 20.0. The van der Waals surface area contributed by atoms with Gasteiger partial charge in [0.2, 0.25) is 5.69 Å². The average molecular weight is 375 g/mol. The molecule has 0 saturated carbocycles. The van der Waals surface area contributed by atoms with E-state index in [-0.39, 0.29) is 0 Å². The summed E-state index contributed by atoms with van der Waals surface area (Å²) in [4.78, 5) is 0. The standard InChI is InChI=1S/C25H19N4/c1-16-13-17(2)25-22-21(20(14-26)29(25)15-16)23(18-9-5-3-6-10-18)27-28-24(22)19-11-7-4-8-12-19/h3-13,15,20H,1-2H3/q+1. The van der Waals surface area contributed by atoms with Gasteiger partial charge in [-0.25, -0.2) is 0 Å². The van der Waals surface area contributed by atoms with Gasteiger partial charge >= 0.3 is 0 Å². The van der Waals surface area contributed by atoms with Gasteiger partial charge in [0.05, 0.1) is 11.1 Å². The SMILES string of the molecule is Cc1cc(C)c2[n+](c1)C(C#N)c1c(-c3ccccc3)nnc(-c3ccccc3)c1-2. The molecule has 0 aliphatic carbocycles. The van der Waals surface area contributed by atoms with Crippen LogP contribution in [0.4, 0.5) is 0 Å². The first-order valence-corrected chi connectivity index (χ1v) is 9.63. The van der Waals surface area contributed by atoms with E-state index in [0.29, 0.717) is 0 Å². The summed E-state index contributed by atoms with van der Waals surface area (Å²) in [5, 5.41) is 19.4. The highest BCUT2D eigenvalue weighted by Gasteiger charge is 2.43. The fourth-order valence-corrected chi connectivity index (χ4v) is 4.29. The topological polar surface area (TPSA) is 53.5 Å². The molecule has 29 heavy (non-hydrogen) atoms. The van der Waals surface area contributed by atoms with Crippen molar-refractivity contribution in [1.29, 1.82) is 5.26 Å². The predicted molar refractivity (Wildman–Crippen MR) is 112 cm³/mol. The average Bonchev–Trinajstić information content (AvgIpc) is 3.08. The summed E-state index contributed by atoms with van der Waals surface area (Å²) in [5.41, 5.74) is 8.81. The minimum absolute atomic E-state index is 0.438. The molecule has 2 aromatic carbocycles. The molecule has 0 bridgehead atoms. The van der Waals surface area contributed by atoms with Crippen molar-refractivity contribution < 1.29 is 4.57 Å². The van der Waals surface area contributed by atoms with E-state index in [1.165, 1.54) is 0 Å².